The molecule has 1 atom stereocenters. The van der Waals surface area contributed by atoms with Gasteiger partial charge in [-0.1, -0.05) is 12.1 Å². The van der Waals surface area contributed by atoms with Crippen LogP contribution in [0, 0.1) is 5.82 Å². The number of thioether (sulfide) groups is 1. The summed E-state index contributed by atoms with van der Waals surface area (Å²) >= 11 is 1.46. The molecule has 1 saturated heterocycles. The first kappa shape index (κ1) is 19.4. The maximum absolute atomic E-state index is 14.0. The monoisotopic (exact) mass is 420 g/mol. The molecule has 1 N–H and O–H groups in total. The van der Waals surface area contributed by atoms with E-state index in [2.05, 4.69) is 5.32 Å². The predicted molar refractivity (Wildman–Crippen MR) is 106 cm³/mol. The molecule has 0 aromatic heterocycles. The molecule has 8 heteroatoms. The molecule has 2 aromatic rings. The smallest absolute Gasteiger partial charge is 0.251 e. The van der Waals surface area contributed by atoms with E-state index in [1.165, 1.54) is 46.4 Å². The van der Waals surface area contributed by atoms with E-state index in [4.69, 9.17) is 0 Å². The molecule has 5 nitrogen and oxygen atoms in total. The zero-order valence-corrected chi connectivity index (χ0v) is 16.9. The van der Waals surface area contributed by atoms with E-state index in [1.807, 2.05) is 6.07 Å². The number of hydrogen-bond donors (Lipinski definition) is 1. The number of carbonyl (C=O) groups excluding carboxylic acids is 1. The molecule has 0 aliphatic carbocycles. The molecule has 148 valence electrons. The van der Waals surface area contributed by atoms with Gasteiger partial charge < -0.3 is 5.32 Å². The van der Waals surface area contributed by atoms with Crippen LogP contribution in [0.25, 0.3) is 0 Å². The number of amides is 1. The zero-order valence-electron chi connectivity index (χ0n) is 15.2. The minimum absolute atomic E-state index is 0.201. The first-order valence-electron chi connectivity index (χ1n) is 9.29. The van der Waals surface area contributed by atoms with E-state index in [0.29, 0.717) is 30.0 Å². The molecule has 1 amide bonds. The summed E-state index contributed by atoms with van der Waals surface area (Å²) in [5, 5.41) is 2.95. The summed E-state index contributed by atoms with van der Waals surface area (Å²) in [4.78, 5) is 13.4. The maximum atomic E-state index is 14.0. The lowest BCUT2D eigenvalue weighted by Crippen LogP contribution is -2.31. The second-order valence-corrected chi connectivity index (χ2v) is 10.0. The average Bonchev–Trinajstić information content (AvgIpc) is 3.25. The highest BCUT2D eigenvalue weighted by Crippen LogP contribution is 2.37. The Morgan fingerprint density at radius 2 is 1.82 bits per heavy atom. The molecular formula is C20H21FN2O3S2. The van der Waals surface area contributed by atoms with Crippen molar-refractivity contribution in [3.8, 4) is 0 Å². The van der Waals surface area contributed by atoms with Crippen LogP contribution in [0.4, 0.5) is 4.39 Å². The van der Waals surface area contributed by atoms with Gasteiger partial charge in [-0.25, -0.2) is 12.8 Å². The van der Waals surface area contributed by atoms with Crippen LogP contribution in [0.15, 0.2) is 52.3 Å². The standard InChI is InChI=1S/C20H21FN2O3S2/c21-17-5-3-4-16-18(10-13-27-19(16)17)22-20(24)14-6-8-15(9-7-14)28(25,26)23-11-1-2-12-23/h3-9,18H,1-2,10-13H2,(H,22,24). The molecule has 28 heavy (non-hydrogen) atoms. The molecule has 0 bridgehead atoms. The van der Waals surface area contributed by atoms with Crippen LogP contribution in [-0.4, -0.2) is 37.5 Å². The Bertz CT molecular complexity index is 987. The summed E-state index contributed by atoms with van der Waals surface area (Å²) in [6, 6.07) is 10.7. The number of nitrogens with zero attached hydrogens (tertiary/aromatic N) is 1. The van der Waals surface area contributed by atoms with E-state index in [1.54, 1.807) is 6.07 Å². The van der Waals surface area contributed by atoms with Gasteiger partial charge in [0.15, 0.2) is 0 Å². The number of hydrogen-bond acceptors (Lipinski definition) is 4. The van der Waals surface area contributed by atoms with E-state index >= 15 is 0 Å². The second-order valence-electron chi connectivity index (χ2n) is 6.96. The third-order valence-electron chi connectivity index (χ3n) is 5.15. The normalized spacial score (nSPS) is 20.0. The fourth-order valence-corrected chi connectivity index (χ4v) is 6.29. The Hall–Kier alpha value is -1.90. The van der Waals surface area contributed by atoms with Crippen molar-refractivity contribution in [1.29, 1.82) is 0 Å². The fraction of sp³-hybridized carbons (Fsp3) is 0.350. The minimum atomic E-state index is -3.50. The third kappa shape index (κ3) is 3.68. The summed E-state index contributed by atoms with van der Waals surface area (Å²) in [6.07, 6.45) is 2.47. The molecule has 2 aliphatic heterocycles. The molecule has 4 rings (SSSR count). The van der Waals surface area contributed by atoms with E-state index in [-0.39, 0.29) is 22.7 Å². The van der Waals surface area contributed by atoms with E-state index < -0.39 is 10.0 Å². The van der Waals surface area contributed by atoms with Gasteiger partial charge in [0.05, 0.1) is 10.9 Å². The first-order valence-corrected chi connectivity index (χ1v) is 11.7. The lowest BCUT2D eigenvalue weighted by Gasteiger charge is -2.26. The van der Waals surface area contributed by atoms with Gasteiger partial charge in [-0.05, 0) is 55.2 Å². The SMILES string of the molecule is O=C(NC1CCSc2c(F)cccc21)c1ccc(S(=O)(=O)N2CCCC2)cc1. The molecular weight excluding hydrogens is 399 g/mol. The Labute approximate surface area is 168 Å². The number of fused-ring (bicyclic) bond motifs is 1. The molecule has 0 saturated carbocycles. The molecule has 2 heterocycles. The summed E-state index contributed by atoms with van der Waals surface area (Å²) in [7, 11) is -3.50. The zero-order chi connectivity index (χ0) is 19.7. The molecule has 0 spiro atoms. The fourth-order valence-electron chi connectivity index (χ4n) is 3.63. The number of sulfonamides is 1. The predicted octanol–water partition coefficient (Wildman–Crippen LogP) is 3.58. The highest BCUT2D eigenvalue weighted by molar-refractivity contribution is 7.99. The van der Waals surface area contributed by atoms with E-state index in [9.17, 15) is 17.6 Å². The second kappa shape index (κ2) is 7.85. The number of rotatable bonds is 4. The lowest BCUT2D eigenvalue weighted by atomic mass is 10.0. The Kier molecular flexibility index (Phi) is 5.44. The number of halogens is 1. The van der Waals surface area contributed by atoms with Crippen molar-refractivity contribution in [2.75, 3.05) is 18.8 Å². The Morgan fingerprint density at radius 1 is 1.11 bits per heavy atom. The van der Waals surface area contributed by atoms with Crippen molar-refractivity contribution < 1.29 is 17.6 Å². The maximum Gasteiger partial charge on any atom is 0.251 e. The average molecular weight is 421 g/mol. The van der Waals surface area contributed by atoms with Gasteiger partial charge in [-0.3, -0.25) is 4.79 Å². The molecule has 1 unspecified atom stereocenters. The van der Waals surface area contributed by atoms with Gasteiger partial charge in [-0.15, -0.1) is 11.8 Å². The summed E-state index contributed by atoms with van der Waals surface area (Å²) in [6.45, 7) is 1.08. The molecule has 1 fully saturated rings. The Morgan fingerprint density at radius 3 is 2.54 bits per heavy atom. The van der Waals surface area contributed by atoms with E-state index in [0.717, 1.165) is 24.2 Å². The van der Waals surface area contributed by atoms with Crippen LogP contribution >= 0.6 is 11.8 Å². The largest absolute Gasteiger partial charge is 0.345 e. The summed E-state index contributed by atoms with van der Waals surface area (Å²) in [5.41, 5.74) is 1.18. The minimum Gasteiger partial charge on any atom is -0.345 e. The van der Waals surface area contributed by atoms with Crippen molar-refractivity contribution in [2.45, 2.75) is 35.1 Å². The van der Waals surface area contributed by atoms with Crippen molar-refractivity contribution in [2.24, 2.45) is 0 Å². The summed E-state index contributed by atoms with van der Waals surface area (Å²) < 4.78 is 40.7. The van der Waals surface area contributed by atoms with Gasteiger partial charge in [-0.2, -0.15) is 4.31 Å². The topological polar surface area (TPSA) is 66.5 Å². The van der Waals surface area contributed by atoms with Gasteiger partial charge in [0.2, 0.25) is 10.0 Å². The van der Waals surface area contributed by atoms with Crippen LogP contribution in [0.3, 0.4) is 0 Å². The van der Waals surface area contributed by atoms with Gasteiger partial charge in [0.1, 0.15) is 5.82 Å². The van der Waals surface area contributed by atoms with Gasteiger partial charge in [0, 0.05) is 29.3 Å². The van der Waals surface area contributed by atoms with Gasteiger partial charge in [0.25, 0.3) is 5.91 Å². The molecule has 0 radical (unpaired) electrons. The van der Waals surface area contributed by atoms with Crippen LogP contribution in [0.2, 0.25) is 0 Å². The number of carbonyl (C=O) groups is 1. The van der Waals surface area contributed by atoms with Crippen LogP contribution in [0.1, 0.15) is 41.2 Å². The van der Waals surface area contributed by atoms with Crippen LogP contribution in [-0.2, 0) is 10.0 Å². The highest BCUT2D eigenvalue weighted by Gasteiger charge is 2.28. The summed E-state index contributed by atoms with van der Waals surface area (Å²) in [5.74, 6) is 0.168. The quantitative estimate of drug-likeness (QED) is 0.821. The van der Waals surface area contributed by atoms with Crippen molar-refractivity contribution in [3.05, 3.63) is 59.4 Å². The first-order chi connectivity index (χ1) is 13.5. The van der Waals surface area contributed by atoms with Crippen LogP contribution < -0.4 is 5.32 Å². The Balaban J connectivity index is 1.50. The van der Waals surface area contributed by atoms with Crippen LogP contribution in [0.5, 0.6) is 0 Å². The highest BCUT2D eigenvalue weighted by atomic mass is 32.2. The van der Waals surface area contributed by atoms with Crippen molar-refractivity contribution in [3.63, 3.8) is 0 Å². The van der Waals surface area contributed by atoms with Gasteiger partial charge >= 0.3 is 0 Å². The lowest BCUT2D eigenvalue weighted by molar-refractivity contribution is 0.0934. The molecule has 2 aliphatic rings. The molecule has 2 aromatic carbocycles. The number of nitrogens with one attached hydrogen (secondary N) is 1. The third-order valence-corrected chi connectivity index (χ3v) is 8.22. The van der Waals surface area contributed by atoms with Crippen molar-refractivity contribution in [1.82, 2.24) is 9.62 Å². The van der Waals surface area contributed by atoms with Crippen molar-refractivity contribution >= 4 is 27.7 Å². The number of benzene rings is 2.